The quantitative estimate of drug-likeness (QED) is 0.791. The number of carbonyl (C=O) groups is 1. The Bertz CT molecular complexity index is 921. The molecule has 0 amide bonds. The van der Waals surface area contributed by atoms with Crippen LogP contribution in [0.4, 0.5) is 0 Å². The summed E-state index contributed by atoms with van der Waals surface area (Å²) >= 11 is 0. The Morgan fingerprint density at radius 2 is 2.00 bits per heavy atom. The molecule has 0 bridgehead atoms. The summed E-state index contributed by atoms with van der Waals surface area (Å²) in [5.74, 6) is -0.881. The third kappa shape index (κ3) is 4.06. The molecule has 1 saturated carbocycles. The number of aromatic nitrogens is 2. The first-order valence-electron chi connectivity index (χ1n) is 8.99. The van der Waals surface area contributed by atoms with Crippen molar-refractivity contribution >= 4 is 16.0 Å². The second-order valence-corrected chi connectivity index (χ2v) is 8.98. The van der Waals surface area contributed by atoms with E-state index in [2.05, 4.69) is 9.82 Å². The van der Waals surface area contributed by atoms with Gasteiger partial charge in [0.1, 0.15) is 4.90 Å². The number of benzene rings is 1. The summed E-state index contributed by atoms with van der Waals surface area (Å²) in [4.78, 5) is 12.2. The fourth-order valence-corrected chi connectivity index (χ4v) is 5.03. The maximum atomic E-state index is 12.9. The van der Waals surface area contributed by atoms with Crippen LogP contribution in [0.1, 0.15) is 38.2 Å². The Kier molecular flexibility index (Phi) is 5.39. The first-order chi connectivity index (χ1) is 12.7. The zero-order chi connectivity index (χ0) is 19.7. The molecule has 1 N–H and O–H groups in total. The summed E-state index contributed by atoms with van der Waals surface area (Å²) < 4.78 is 35.0. The minimum absolute atomic E-state index is 0.0680. The molecule has 27 heavy (non-hydrogen) atoms. The third-order valence-electron chi connectivity index (χ3n) is 5.23. The number of hydrogen-bond acceptors (Lipinski definition) is 5. The SMILES string of the molecule is COC(=O)[C@@H]1CCCC[C@@]1(C)NS(=O)(=O)c1cnn(-c2ccc(C)cc2)c1. The van der Waals surface area contributed by atoms with Gasteiger partial charge in [-0.3, -0.25) is 4.79 Å². The zero-order valence-electron chi connectivity index (χ0n) is 15.8. The summed E-state index contributed by atoms with van der Waals surface area (Å²) in [5, 5.41) is 4.17. The van der Waals surface area contributed by atoms with Gasteiger partial charge < -0.3 is 4.74 Å². The second-order valence-electron chi connectivity index (χ2n) is 7.30. The van der Waals surface area contributed by atoms with E-state index in [0.717, 1.165) is 24.1 Å². The Labute approximate surface area is 159 Å². The monoisotopic (exact) mass is 391 g/mol. The summed E-state index contributed by atoms with van der Waals surface area (Å²) in [6.45, 7) is 3.75. The van der Waals surface area contributed by atoms with Gasteiger partial charge in [-0.05, 0) is 38.8 Å². The summed E-state index contributed by atoms with van der Waals surface area (Å²) in [6.07, 6.45) is 5.72. The van der Waals surface area contributed by atoms with E-state index in [-0.39, 0.29) is 10.9 Å². The Hall–Kier alpha value is -2.19. The number of ether oxygens (including phenoxy) is 1. The average molecular weight is 391 g/mol. The number of esters is 1. The van der Waals surface area contributed by atoms with E-state index in [9.17, 15) is 13.2 Å². The lowest BCUT2D eigenvalue weighted by molar-refractivity contribution is -0.149. The molecule has 146 valence electrons. The average Bonchev–Trinajstić information content (AvgIpc) is 3.12. The lowest BCUT2D eigenvalue weighted by Gasteiger charge is -2.39. The minimum Gasteiger partial charge on any atom is -0.469 e. The smallest absolute Gasteiger partial charge is 0.310 e. The molecule has 1 aliphatic carbocycles. The normalized spacial score (nSPS) is 23.1. The van der Waals surface area contributed by atoms with Crippen LogP contribution in [-0.2, 0) is 19.6 Å². The van der Waals surface area contributed by atoms with E-state index < -0.39 is 21.5 Å². The van der Waals surface area contributed by atoms with Crippen LogP contribution >= 0.6 is 0 Å². The van der Waals surface area contributed by atoms with Gasteiger partial charge in [0.05, 0.1) is 31.1 Å². The Morgan fingerprint density at radius 1 is 1.30 bits per heavy atom. The molecule has 2 atom stereocenters. The van der Waals surface area contributed by atoms with Crippen molar-refractivity contribution in [1.82, 2.24) is 14.5 Å². The number of aryl methyl sites for hydroxylation is 1. The number of nitrogens with one attached hydrogen (secondary N) is 1. The number of methoxy groups -OCH3 is 1. The maximum Gasteiger partial charge on any atom is 0.310 e. The number of sulfonamides is 1. The highest BCUT2D eigenvalue weighted by molar-refractivity contribution is 7.89. The molecule has 7 nitrogen and oxygen atoms in total. The van der Waals surface area contributed by atoms with E-state index in [0.29, 0.717) is 12.8 Å². The molecule has 8 heteroatoms. The van der Waals surface area contributed by atoms with Gasteiger partial charge >= 0.3 is 5.97 Å². The summed E-state index contributed by atoms with van der Waals surface area (Å²) in [5.41, 5.74) is 1.01. The van der Waals surface area contributed by atoms with Gasteiger partial charge in [0.2, 0.25) is 10.0 Å². The van der Waals surface area contributed by atoms with E-state index in [4.69, 9.17) is 4.74 Å². The predicted octanol–water partition coefficient (Wildman–Crippen LogP) is 2.58. The van der Waals surface area contributed by atoms with Crippen LogP contribution in [0.3, 0.4) is 0 Å². The molecule has 0 aliphatic heterocycles. The van der Waals surface area contributed by atoms with Gasteiger partial charge in [-0.1, -0.05) is 30.5 Å². The van der Waals surface area contributed by atoms with Crippen molar-refractivity contribution < 1.29 is 17.9 Å². The number of hydrogen-bond donors (Lipinski definition) is 1. The zero-order valence-corrected chi connectivity index (χ0v) is 16.6. The van der Waals surface area contributed by atoms with Crippen LogP contribution in [0.15, 0.2) is 41.6 Å². The molecule has 3 rings (SSSR count). The lowest BCUT2D eigenvalue weighted by Crippen LogP contribution is -2.55. The van der Waals surface area contributed by atoms with E-state index in [1.807, 2.05) is 31.2 Å². The van der Waals surface area contributed by atoms with Crippen molar-refractivity contribution in [1.29, 1.82) is 0 Å². The van der Waals surface area contributed by atoms with Crippen LogP contribution in [0.5, 0.6) is 0 Å². The lowest BCUT2D eigenvalue weighted by atomic mass is 9.74. The van der Waals surface area contributed by atoms with Gasteiger partial charge in [-0.15, -0.1) is 0 Å². The summed E-state index contributed by atoms with van der Waals surface area (Å²) in [6, 6.07) is 7.63. The molecular formula is C19H25N3O4S. The van der Waals surface area contributed by atoms with Gasteiger partial charge in [-0.25, -0.2) is 17.8 Å². The molecule has 0 saturated heterocycles. The summed E-state index contributed by atoms with van der Waals surface area (Å²) in [7, 11) is -2.50. The highest BCUT2D eigenvalue weighted by Crippen LogP contribution is 2.35. The molecule has 2 aromatic rings. The highest BCUT2D eigenvalue weighted by Gasteiger charge is 2.44. The molecule has 1 aliphatic rings. The van der Waals surface area contributed by atoms with Crippen LogP contribution in [0.2, 0.25) is 0 Å². The van der Waals surface area contributed by atoms with Gasteiger partial charge in [0.15, 0.2) is 0 Å². The van der Waals surface area contributed by atoms with E-state index >= 15 is 0 Å². The molecule has 1 fully saturated rings. The van der Waals surface area contributed by atoms with Crippen LogP contribution in [-0.4, -0.2) is 36.8 Å². The minimum atomic E-state index is -3.83. The molecule has 1 heterocycles. The topological polar surface area (TPSA) is 90.3 Å². The van der Waals surface area contributed by atoms with Crippen molar-refractivity contribution in [2.75, 3.05) is 7.11 Å². The van der Waals surface area contributed by atoms with Crippen molar-refractivity contribution in [2.24, 2.45) is 5.92 Å². The van der Waals surface area contributed by atoms with Crippen molar-refractivity contribution in [3.8, 4) is 5.69 Å². The number of carbonyl (C=O) groups excluding carboxylic acids is 1. The van der Waals surface area contributed by atoms with Gasteiger partial charge in [-0.2, -0.15) is 5.10 Å². The molecule has 0 spiro atoms. The van der Waals surface area contributed by atoms with Crippen molar-refractivity contribution in [3.63, 3.8) is 0 Å². The number of rotatable bonds is 5. The van der Waals surface area contributed by atoms with Crippen LogP contribution in [0.25, 0.3) is 5.69 Å². The molecule has 0 radical (unpaired) electrons. The van der Waals surface area contributed by atoms with E-state index in [1.54, 1.807) is 6.92 Å². The first kappa shape index (κ1) is 19.6. The molecule has 1 aromatic heterocycles. The molecular weight excluding hydrogens is 366 g/mol. The van der Waals surface area contributed by atoms with Crippen molar-refractivity contribution in [2.45, 2.75) is 50.0 Å². The largest absolute Gasteiger partial charge is 0.469 e. The predicted molar refractivity (Wildman–Crippen MR) is 101 cm³/mol. The third-order valence-corrected chi connectivity index (χ3v) is 6.80. The molecule has 0 unspecified atom stereocenters. The van der Waals surface area contributed by atoms with Crippen LogP contribution in [0, 0.1) is 12.8 Å². The second kappa shape index (κ2) is 7.44. The van der Waals surface area contributed by atoms with Crippen molar-refractivity contribution in [3.05, 3.63) is 42.2 Å². The first-order valence-corrected chi connectivity index (χ1v) is 10.5. The van der Waals surface area contributed by atoms with Gasteiger partial charge in [0, 0.05) is 5.54 Å². The highest BCUT2D eigenvalue weighted by atomic mass is 32.2. The standard InChI is InChI=1S/C19H25N3O4S/c1-14-7-9-15(10-8-14)22-13-16(12-20-22)27(24,25)21-19(2)11-5-4-6-17(19)18(23)26-3/h7-10,12-13,17,21H,4-6,11H2,1-3H3/t17-,19+/m0/s1. The fraction of sp³-hybridized carbons (Fsp3) is 0.474. The Balaban J connectivity index is 1.86. The molecule has 1 aromatic carbocycles. The maximum absolute atomic E-state index is 12.9. The van der Waals surface area contributed by atoms with Crippen LogP contribution < -0.4 is 4.72 Å². The fourth-order valence-electron chi connectivity index (χ4n) is 3.63. The van der Waals surface area contributed by atoms with Gasteiger partial charge in [0.25, 0.3) is 0 Å². The number of nitrogens with zero attached hydrogens (tertiary/aromatic N) is 2. The van der Waals surface area contributed by atoms with E-state index in [1.165, 1.54) is 24.2 Å². The Morgan fingerprint density at radius 3 is 2.67 bits per heavy atom.